The summed E-state index contributed by atoms with van der Waals surface area (Å²) in [5, 5.41) is 4.19. The van der Waals surface area contributed by atoms with Gasteiger partial charge >= 0.3 is 0 Å². The van der Waals surface area contributed by atoms with Gasteiger partial charge in [0, 0.05) is 24.6 Å². The van der Waals surface area contributed by atoms with Crippen LogP contribution in [0.25, 0.3) is 11.5 Å². The first-order valence-corrected chi connectivity index (χ1v) is 9.48. The second-order valence-corrected chi connectivity index (χ2v) is 7.12. The SMILES string of the molecule is COc1ccccc1-c1nc([C@H]2CCCN(C(=O)c3cccc(C)c3)C2)no1. The van der Waals surface area contributed by atoms with Crippen molar-refractivity contribution >= 4 is 5.91 Å². The first kappa shape index (κ1) is 18.2. The lowest BCUT2D eigenvalue weighted by Crippen LogP contribution is -2.39. The number of carbonyl (C=O) groups is 1. The molecule has 28 heavy (non-hydrogen) atoms. The molecule has 2 aromatic carbocycles. The van der Waals surface area contributed by atoms with E-state index < -0.39 is 0 Å². The molecular formula is C22H23N3O3. The number of methoxy groups -OCH3 is 1. The van der Waals surface area contributed by atoms with Gasteiger partial charge in [-0.2, -0.15) is 4.98 Å². The summed E-state index contributed by atoms with van der Waals surface area (Å²) in [7, 11) is 1.62. The first-order valence-electron chi connectivity index (χ1n) is 9.48. The normalized spacial score (nSPS) is 16.8. The lowest BCUT2D eigenvalue weighted by molar-refractivity contribution is 0.0703. The van der Waals surface area contributed by atoms with Crippen LogP contribution < -0.4 is 4.74 Å². The number of benzene rings is 2. The molecule has 1 aliphatic rings. The Morgan fingerprint density at radius 2 is 2.07 bits per heavy atom. The van der Waals surface area contributed by atoms with Crippen LogP contribution in [0.5, 0.6) is 5.75 Å². The number of likely N-dealkylation sites (tertiary alicyclic amines) is 1. The van der Waals surface area contributed by atoms with E-state index in [1.54, 1.807) is 7.11 Å². The van der Waals surface area contributed by atoms with E-state index >= 15 is 0 Å². The molecule has 0 spiro atoms. The summed E-state index contributed by atoms with van der Waals surface area (Å²) in [4.78, 5) is 19.4. The predicted octanol–water partition coefficient (Wildman–Crippen LogP) is 4.07. The fourth-order valence-corrected chi connectivity index (χ4v) is 3.66. The minimum Gasteiger partial charge on any atom is -0.496 e. The average molecular weight is 377 g/mol. The van der Waals surface area contributed by atoms with Crippen molar-refractivity contribution in [1.29, 1.82) is 0 Å². The summed E-state index contributed by atoms with van der Waals surface area (Å²) in [6, 6.07) is 15.3. The smallest absolute Gasteiger partial charge is 0.261 e. The zero-order valence-electron chi connectivity index (χ0n) is 16.1. The average Bonchev–Trinajstić information content (AvgIpc) is 3.23. The maximum atomic E-state index is 12.9. The topological polar surface area (TPSA) is 68.5 Å². The van der Waals surface area contributed by atoms with Crippen molar-refractivity contribution in [2.24, 2.45) is 0 Å². The summed E-state index contributed by atoms with van der Waals surface area (Å²) in [6.07, 6.45) is 1.85. The summed E-state index contributed by atoms with van der Waals surface area (Å²) >= 11 is 0. The molecule has 0 radical (unpaired) electrons. The molecule has 1 aromatic heterocycles. The minimum absolute atomic E-state index is 0.0573. The molecule has 6 nitrogen and oxygen atoms in total. The number of nitrogens with zero attached hydrogens (tertiary/aromatic N) is 3. The Hall–Kier alpha value is -3.15. The van der Waals surface area contributed by atoms with Crippen LogP contribution in [-0.4, -0.2) is 41.1 Å². The lowest BCUT2D eigenvalue weighted by Gasteiger charge is -2.31. The van der Waals surface area contributed by atoms with Gasteiger partial charge in [-0.3, -0.25) is 4.79 Å². The Morgan fingerprint density at radius 3 is 2.89 bits per heavy atom. The number of carbonyl (C=O) groups excluding carboxylic acids is 1. The van der Waals surface area contributed by atoms with Crippen molar-refractivity contribution in [1.82, 2.24) is 15.0 Å². The van der Waals surface area contributed by atoms with Crippen LogP contribution in [-0.2, 0) is 0 Å². The van der Waals surface area contributed by atoms with Crippen molar-refractivity contribution < 1.29 is 14.1 Å². The number of ether oxygens (including phenoxy) is 1. The number of aryl methyl sites for hydroxylation is 1. The Bertz CT molecular complexity index is 982. The van der Waals surface area contributed by atoms with Crippen LogP contribution in [0.15, 0.2) is 53.1 Å². The van der Waals surface area contributed by atoms with E-state index in [1.807, 2.05) is 60.4 Å². The number of aromatic nitrogens is 2. The number of rotatable bonds is 4. The van der Waals surface area contributed by atoms with Gasteiger partial charge in [-0.25, -0.2) is 0 Å². The van der Waals surface area contributed by atoms with Crippen LogP contribution in [0.1, 0.15) is 40.5 Å². The molecule has 3 aromatic rings. The van der Waals surface area contributed by atoms with Crippen LogP contribution in [0, 0.1) is 6.92 Å². The third-order valence-electron chi connectivity index (χ3n) is 5.12. The molecule has 4 rings (SSSR count). The summed E-state index contributed by atoms with van der Waals surface area (Å²) < 4.78 is 10.9. The molecule has 0 aliphatic carbocycles. The third-order valence-corrected chi connectivity index (χ3v) is 5.12. The van der Waals surface area contributed by atoms with Crippen LogP contribution in [0.4, 0.5) is 0 Å². The fraction of sp³-hybridized carbons (Fsp3) is 0.318. The number of hydrogen-bond donors (Lipinski definition) is 0. The second kappa shape index (κ2) is 7.84. The maximum absolute atomic E-state index is 12.9. The van der Waals surface area contributed by atoms with E-state index in [9.17, 15) is 4.79 Å². The van der Waals surface area contributed by atoms with E-state index in [2.05, 4.69) is 10.1 Å². The van der Waals surface area contributed by atoms with E-state index in [0.29, 0.717) is 24.0 Å². The lowest BCUT2D eigenvalue weighted by atomic mass is 9.96. The Labute approximate surface area is 164 Å². The molecule has 1 aliphatic heterocycles. The summed E-state index contributed by atoms with van der Waals surface area (Å²) in [6.45, 7) is 3.34. The van der Waals surface area contributed by atoms with E-state index in [4.69, 9.17) is 9.26 Å². The first-order chi connectivity index (χ1) is 13.7. The summed E-state index contributed by atoms with van der Waals surface area (Å²) in [5.74, 6) is 1.89. The third kappa shape index (κ3) is 3.63. The zero-order valence-corrected chi connectivity index (χ0v) is 16.1. The molecule has 0 N–H and O–H groups in total. The van der Waals surface area contributed by atoms with Crippen molar-refractivity contribution in [3.63, 3.8) is 0 Å². The van der Waals surface area contributed by atoms with Crippen LogP contribution >= 0.6 is 0 Å². The molecule has 1 fully saturated rings. The molecule has 144 valence electrons. The number of hydrogen-bond acceptors (Lipinski definition) is 5. The number of piperidine rings is 1. The molecule has 0 bridgehead atoms. The molecule has 6 heteroatoms. The van der Waals surface area contributed by atoms with Crippen LogP contribution in [0.2, 0.25) is 0 Å². The van der Waals surface area contributed by atoms with Gasteiger partial charge in [0.25, 0.3) is 11.8 Å². The maximum Gasteiger partial charge on any atom is 0.261 e. The predicted molar refractivity (Wildman–Crippen MR) is 105 cm³/mol. The highest BCUT2D eigenvalue weighted by atomic mass is 16.5. The van der Waals surface area contributed by atoms with E-state index in [1.165, 1.54) is 0 Å². The molecule has 0 saturated carbocycles. The molecule has 1 atom stereocenters. The van der Waals surface area contributed by atoms with E-state index in [-0.39, 0.29) is 11.8 Å². The van der Waals surface area contributed by atoms with Gasteiger partial charge < -0.3 is 14.2 Å². The highest BCUT2D eigenvalue weighted by Crippen LogP contribution is 2.31. The van der Waals surface area contributed by atoms with Gasteiger partial charge in [0.1, 0.15) is 5.75 Å². The van der Waals surface area contributed by atoms with Crippen molar-refractivity contribution in [2.45, 2.75) is 25.7 Å². The van der Waals surface area contributed by atoms with Crippen molar-refractivity contribution in [3.05, 3.63) is 65.5 Å². The molecule has 0 unspecified atom stereocenters. The molecule has 2 heterocycles. The van der Waals surface area contributed by atoms with Gasteiger partial charge in [0.2, 0.25) is 0 Å². The van der Waals surface area contributed by atoms with Gasteiger partial charge in [-0.05, 0) is 44.0 Å². The van der Waals surface area contributed by atoms with Gasteiger partial charge in [-0.1, -0.05) is 35.0 Å². The van der Waals surface area contributed by atoms with Crippen molar-refractivity contribution in [2.75, 3.05) is 20.2 Å². The minimum atomic E-state index is 0.0573. The van der Waals surface area contributed by atoms with Crippen molar-refractivity contribution in [3.8, 4) is 17.2 Å². The zero-order chi connectivity index (χ0) is 19.5. The molecular weight excluding hydrogens is 354 g/mol. The highest BCUT2D eigenvalue weighted by Gasteiger charge is 2.29. The quantitative estimate of drug-likeness (QED) is 0.685. The standard InChI is InChI=1S/C22H23N3O3/c1-15-7-5-8-16(13-15)22(26)25-12-6-9-17(14-25)20-23-21(28-24-20)18-10-3-4-11-19(18)27-2/h3-5,7-8,10-11,13,17H,6,9,12,14H2,1-2H3/t17-/m0/s1. The van der Waals surface area contributed by atoms with E-state index in [0.717, 1.165) is 36.1 Å². The van der Waals surface area contributed by atoms with Gasteiger partial charge in [-0.15, -0.1) is 0 Å². The number of amides is 1. The largest absolute Gasteiger partial charge is 0.496 e. The van der Waals surface area contributed by atoms with Gasteiger partial charge in [0.05, 0.1) is 12.7 Å². The Balaban J connectivity index is 1.52. The molecule has 1 amide bonds. The Kier molecular flexibility index (Phi) is 5.10. The highest BCUT2D eigenvalue weighted by molar-refractivity contribution is 5.94. The number of para-hydroxylation sites is 1. The van der Waals surface area contributed by atoms with Gasteiger partial charge in [0.15, 0.2) is 5.82 Å². The Morgan fingerprint density at radius 1 is 1.21 bits per heavy atom. The molecule has 1 saturated heterocycles. The second-order valence-electron chi connectivity index (χ2n) is 7.12. The fourth-order valence-electron chi connectivity index (χ4n) is 3.66. The van der Waals surface area contributed by atoms with Crippen LogP contribution in [0.3, 0.4) is 0 Å². The monoisotopic (exact) mass is 377 g/mol. The summed E-state index contributed by atoms with van der Waals surface area (Å²) in [5.41, 5.74) is 2.58.